The van der Waals surface area contributed by atoms with Crippen LogP contribution in [0.1, 0.15) is 40.2 Å². The summed E-state index contributed by atoms with van der Waals surface area (Å²) in [5.41, 5.74) is 2.27. The molecule has 1 aliphatic rings. The number of halogens is 1. The first-order valence-corrected chi connectivity index (χ1v) is 10.5. The molecule has 7 nitrogen and oxygen atoms in total. The smallest absolute Gasteiger partial charge is 0.257 e. The number of carbonyl (C=O) groups is 3. The Labute approximate surface area is 181 Å². The van der Waals surface area contributed by atoms with E-state index in [2.05, 4.69) is 20.9 Å². The molecule has 3 amide bonds. The fourth-order valence-corrected chi connectivity index (χ4v) is 4.41. The lowest BCUT2D eigenvalue weighted by Gasteiger charge is -2.11. The molecule has 31 heavy (non-hydrogen) atoms. The summed E-state index contributed by atoms with van der Waals surface area (Å²) in [6.07, 6.45) is 1.36. The van der Waals surface area contributed by atoms with Crippen LogP contribution in [0.4, 0.5) is 20.9 Å². The Morgan fingerprint density at radius 1 is 0.968 bits per heavy atom. The summed E-state index contributed by atoms with van der Waals surface area (Å²) in [6.45, 7) is 1.43. The van der Waals surface area contributed by atoms with Crippen LogP contribution in [0.3, 0.4) is 0 Å². The van der Waals surface area contributed by atoms with Crippen LogP contribution < -0.4 is 16.0 Å². The highest BCUT2D eigenvalue weighted by atomic mass is 32.1. The van der Waals surface area contributed by atoms with Gasteiger partial charge in [0.1, 0.15) is 5.82 Å². The molecule has 0 saturated heterocycles. The Hall–Kier alpha value is -3.59. The summed E-state index contributed by atoms with van der Waals surface area (Å²) >= 11 is 1.35. The van der Waals surface area contributed by atoms with Gasteiger partial charge in [-0.25, -0.2) is 9.37 Å². The molecule has 2 aromatic carbocycles. The molecule has 9 heteroatoms. The van der Waals surface area contributed by atoms with Gasteiger partial charge in [0, 0.05) is 28.7 Å². The standard InChI is InChI=1S/C22H19FN4O3S/c1-12(28)24-15-6-8-16(9-7-15)25-21(30)17-10-11-18-19(17)26-22(31-18)27-20(29)13-2-4-14(23)5-3-13/h2-9,17H,10-11H2,1H3,(H,24,28)(H,25,30)(H,26,27,29). The minimum Gasteiger partial charge on any atom is -0.326 e. The number of anilines is 3. The maximum Gasteiger partial charge on any atom is 0.257 e. The van der Waals surface area contributed by atoms with Crippen molar-refractivity contribution in [3.8, 4) is 0 Å². The summed E-state index contributed by atoms with van der Waals surface area (Å²) in [7, 11) is 0. The summed E-state index contributed by atoms with van der Waals surface area (Å²) in [4.78, 5) is 41.7. The van der Waals surface area contributed by atoms with Crippen LogP contribution in [0.2, 0.25) is 0 Å². The number of fused-ring (bicyclic) bond motifs is 1. The lowest BCUT2D eigenvalue weighted by Crippen LogP contribution is -2.20. The van der Waals surface area contributed by atoms with Crippen molar-refractivity contribution in [2.75, 3.05) is 16.0 Å². The van der Waals surface area contributed by atoms with E-state index < -0.39 is 11.7 Å². The molecule has 1 unspecified atom stereocenters. The average Bonchev–Trinajstić information content (AvgIpc) is 3.29. The van der Waals surface area contributed by atoms with Gasteiger partial charge in [-0.15, -0.1) is 11.3 Å². The van der Waals surface area contributed by atoms with Gasteiger partial charge in [0.25, 0.3) is 5.91 Å². The zero-order valence-electron chi connectivity index (χ0n) is 16.6. The third-order valence-electron chi connectivity index (χ3n) is 4.83. The van der Waals surface area contributed by atoms with Crippen LogP contribution in [0.25, 0.3) is 0 Å². The zero-order valence-corrected chi connectivity index (χ0v) is 17.4. The van der Waals surface area contributed by atoms with E-state index in [0.717, 1.165) is 4.88 Å². The van der Waals surface area contributed by atoms with Gasteiger partial charge in [-0.05, 0) is 61.4 Å². The van der Waals surface area contributed by atoms with Crippen LogP contribution >= 0.6 is 11.3 Å². The summed E-state index contributed by atoms with van der Waals surface area (Å²) in [5.74, 6) is -1.54. The number of benzene rings is 2. The van der Waals surface area contributed by atoms with Crippen LogP contribution in [0, 0.1) is 5.82 Å². The van der Waals surface area contributed by atoms with E-state index in [1.165, 1.54) is 42.5 Å². The molecule has 3 aromatic rings. The number of thiazole rings is 1. The van der Waals surface area contributed by atoms with Crippen molar-refractivity contribution >= 4 is 45.6 Å². The molecular formula is C22H19FN4O3S. The number of aromatic nitrogens is 1. The Kier molecular flexibility index (Phi) is 5.77. The number of aryl methyl sites for hydroxylation is 1. The maximum atomic E-state index is 13.0. The van der Waals surface area contributed by atoms with Gasteiger partial charge in [0.15, 0.2) is 5.13 Å². The van der Waals surface area contributed by atoms with Gasteiger partial charge in [-0.3, -0.25) is 19.7 Å². The summed E-state index contributed by atoms with van der Waals surface area (Å²) in [6, 6.07) is 12.1. The molecule has 1 aliphatic carbocycles. The molecule has 0 spiro atoms. The SMILES string of the molecule is CC(=O)Nc1ccc(NC(=O)C2CCc3sc(NC(=O)c4ccc(F)cc4)nc32)cc1. The van der Waals surface area contributed by atoms with Gasteiger partial charge in [0.2, 0.25) is 11.8 Å². The second kappa shape index (κ2) is 8.65. The van der Waals surface area contributed by atoms with Crippen molar-refractivity contribution in [2.45, 2.75) is 25.7 Å². The third-order valence-corrected chi connectivity index (χ3v) is 5.88. The molecule has 0 radical (unpaired) electrons. The van der Waals surface area contributed by atoms with Gasteiger partial charge in [0.05, 0.1) is 11.6 Å². The van der Waals surface area contributed by atoms with E-state index in [-0.39, 0.29) is 17.7 Å². The highest BCUT2D eigenvalue weighted by Gasteiger charge is 2.33. The highest BCUT2D eigenvalue weighted by Crippen LogP contribution is 2.39. The first-order chi connectivity index (χ1) is 14.9. The Morgan fingerprint density at radius 3 is 2.26 bits per heavy atom. The van der Waals surface area contributed by atoms with E-state index >= 15 is 0 Å². The van der Waals surface area contributed by atoms with Crippen molar-refractivity contribution in [1.29, 1.82) is 0 Å². The maximum absolute atomic E-state index is 13.0. The number of nitrogens with one attached hydrogen (secondary N) is 3. The minimum atomic E-state index is -0.414. The monoisotopic (exact) mass is 438 g/mol. The predicted octanol–water partition coefficient (Wildman–Crippen LogP) is 4.16. The van der Waals surface area contributed by atoms with Crippen LogP contribution in [-0.2, 0) is 16.0 Å². The molecule has 1 aromatic heterocycles. The minimum absolute atomic E-state index is 0.166. The van der Waals surface area contributed by atoms with Crippen molar-refractivity contribution in [1.82, 2.24) is 4.98 Å². The number of hydrogen-bond donors (Lipinski definition) is 3. The fourth-order valence-electron chi connectivity index (χ4n) is 3.38. The van der Waals surface area contributed by atoms with Gasteiger partial charge in [-0.1, -0.05) is 0 Å². The van der Waals surface area contributed by atoms with E-state index in [1.807, 2.05) is 0 Å². The van der Waals surface area contributed by atoms with Crippen molar-refractivity contribution in [3.05, 3.63) is 70.5 Å². The van der Waals surface area contributed by atoms with E-state index in [0.29, 0.717) is 40.6 Å². The van der Waals surface area contributed by atoms with Gasteiger partial charge >= 0.3 is 0 Å². The largest absolute Gasteiger partial charge is 0.326 e. The molecular weight excluding hydrogens is 419 g/mol. The van der Waals surface area contributed by atoms with Crippen molar-refractivity contribution < 1.29 is 18.8 Å². The van der Waals surface area contributed by atoms with Gasteiger partial charge < -0.3 is 10.6 Å². The molecule has 1 heterocycles. The van der Waals surface area contributed by atoms with E-state index in [9.17, 15) is 18.8 Å². The quantitative estimate of drug-likeness (QED) is 0.557. The normalized spacial score (nSPS) is 14.6. The van der Waals surface area contributed by atoms with Crippen LogP contribution in [-0.4, -0.2) is 22.7 Å². The van der Waals surface area contributed by atoms with E-state index in [4.69, 9.17) is 0 Å². The second-order valence-electron chi connectivity index (χ2n) is 7.13. The number of amides is 3. The zero-order chi connectivity index (χ0) is 22.0. The molecule has 4 rings (SSSR count). The molecule has 0 aliphatic heterocycles. The van der Waals surface area contributed by atoms with Crippen LogP contribution in [0.15, 0.2) is 48.5 Å². The number of rotatable bonds is 5. The Balaban J connectivity index is 1.41. The highest BCUT2D eigenvalue weighted by molar-refractivity contribution is 7.16. The van der Waals surface area contributed by atoms with Gasteiger partial charge in [-0.2, -0.15) is 0 Å². The lowest BCUT2D eigenvalue weighted by molar-refractivity contribution is -0.117. The topological polar surface area (TPSA) is 100 Å². The summed E-state index contributed by atoms with van der Waals surface area (Å²) in [5, 5.41) is 8.68. The lowest BCUT2D eigenvalue weighted by atomic mass is 10.1. The predicted molar refractivity (Wildman–Crippen MR) is 117 cm³/mol. The van der Waals surface area contributed by atoms with Crippen LogP contribution in [0.5, 0.6) is 0 Å². The number of carbonyl (C=O) groups excluding carboxylic acids is 3. The fraction of sp³-hybridized carbons (Fsp3) is 0.182. The second-order valence-corrected chi connectivity index (χ2v) is 8.21. The molecule has 1 atom stereocenters. The number of hydrogen-bond acceptors (Lipinski definition) is 5. The Bertz CT molecular complexity index is 1140. The first-order valence-electron chi connectivity index (χ1n) is 9.64. The average molecular weight is 438 g/mol. The molecule has 0 fully saturated rings. The molecule has 0 saturated carbocycles. The molecule has 0 bridgehead atoms. The first kappa shape index (κ1) is 20.7. The van der Waals surface area contributed by atoms with E-state index in [1.54, 1.807) is 24.3 Å². The molecule has 158 valence electrons. The molecule has 3 N–H and O–H groups in total. The Morgan fingerprint density at radius 2 is 1.61 bits per heavy atom. The van der Waals surface area contributed by atoms with Crippen molar-refractivity contribution in [2.24, 2.45) is 0 Å². The third kappa shape index (κ3) is 4.77. The number of nitrogens with zero attached hydrogens (tertiary/aromatic N) is 1. The summed E-state index contributed by atoms with van der Waals surface area (Å²) < 4.78 is 13.0. The van der Waals surface area contributed by atoms with Crippen molar-refractivity contribution in [3.63, 3.8) is 0 Å².